The fraction of sp³-hybridized carbons (Fsp3) is 0.917. The second-order valence-electron chi connectivity index (χ2n) is 5.57. The highest BCUT2D eigenvalue weighted by atomic mass is 32.2. The van der Waals surface area contributed by atoms with Crippen LogP contribution in [0.2, 0.25) is 0 Å². The van der Waals surface area contributed by atoms with E-state index in [9.17, 15) is 9.00 Å². The van der Waals surface area contributed by atoms with E-state index in [-0.39, 0.29) is 11.4 Å². The molecule has 0 bridgehead atoms. The first-order valence-corrected chi connectivity index (χ1v) is 7.31. The molecule has 2 unspecified atom stereocenters. The van der Waals surface area contributed by atoms with E-state index < -0.39 is 17.0 Å². The predicted molar refractivity (Wildman–Crippen MR) is 70.9 cm³/mol. The Bertz CT molecular complexity index is 271. The first-order chi connectivity index (χ1) is 7.68. The Hall–Kier alpha value is -0.420. The minimum atomic E-state index is -1.20. The van der Waals surface area contributed by atoms with E-state index in [1.54, 1.807) is 6.92 Å². The molecule has 17 heavy (non-hydrogen) atoms. The highest BCUT2D eigenvalue weighted by molar-refractivity contribution is 7.83. The molecule has 0 spiro atoms. The lowest BCUT2D eigenvalue weighted by molar-refractivity contribution is -0.147. The molecule has 0 fully saturated rings. The van der Waals surface area contributed by atoms with Gasteiger partial charge in [-0.3, -0.25) is 4.79 Å². The van der Waals surface area contributed by atoms with Crippen LogP contribution in [0.15, 0.2) is 0 Å². The Morgan fingerprint density at radius 3 is 2.24 bits per heavy atom. The number of carbonyl (C=O) groups is 1. The normalized spacial score (nSPS) is 15.7. The van der Waals surface area contributed by atoms with E-state index in [4.69, 9.17) is 4.74 Å². The Labute approximate surface area is 107 Å². The van der Waals surface area contributed by atoms with E-state index in [0.29, 0.717) is 18.3 Å². The van der Waals surface area contributed by atoms with Crippen molar-refractivity contribution in [2.75, 3.05) is 12.4 Å². The Balaban J connectivity index is 4.61. The average Bonchev–Trinajstić information content (AvgIpc) is 2.11. The second-order valence-corrected chi connectivity index (χ2v) is 6.84. The van der Waals surface area contributed by atoms with E-state index in [0.717, 1.165) is 0 Å². The van der Waals surface area contributed by atoms with Crippen molar-refractivity contribution in [1.29, 1.82) is 0 Å². The third-order valence-electron chi connectivity index (χ3n) is 2.12. The van der Waals surface area contributed by atoms with Crippen LogP contribution in [0.1, 0.15) is 41.5 Å². The Morgan fingerprint density at radius 2 is 1.88 bits per heavy atom. The van der Waals surface area contributed by atoms with Crippen molar-refractivity contribution in [2.45, 2.75) is 47.6 Å². The molecule has 2 atom stereocenters. The topological polar surface area (TPSA) is 55.4 Å². The molecule has 0 radical (unpaired) electrons. The van der Waals surface area contributed by atoms with Gasteiger partial charge < -0.3 is 4.74 Å². The summed E-state index contributed by atoms with van der Waals surface area (Å²) in [5, 5.41) is 0. The molecule has 0 heterocycles. The first kappa shape index (κ1) is 16.6. The first-order valence-electron chi connectivity index (χ1n) is 5.99. The van der Waals surface area contributed by atoms with Crippen LogP contribution in [-0.4, -0.2) is 28.6 Å². The maximum Gasteiger partial charge on any atom is 0.324 e. The summed E-state index contributed by atoms with van der Waals surface area (Å²) in [7, 11) is -1.20. The van der Waals surface area contributed by atoms with Crippen molar-refractivity contribution >= 4 is 17.0 Å². The second kappa shape index (κ2) is 7.11. The maximum absolute atomic E-state index is 11.8. The molecule has 0 aliphatic rings. The van der Waals surface area contributed by atoms with Crippen LogP contribution in [0, 0.1) is 11.3 Å². The Kier molecular flexibility index (Phi) is 6.94. The molecule has 0 aliphatic carbocycles. The molecule has 0 rings (SSSR count). The van der Waals surface area contributed by atoms with Gasteiger partial charge in [-0.25, -0.2) is 8.93 Å². The minimum absolute atomic E-state index is 0.321. The number of rotatable bonds is 6. The third-order valence-corrected chi connectivity index (χ3v) is 3.59. The maximum atomic E-state index is 11.8. The van der Waals surface area contributed by atoms with Gasteiger partial charge in [0.1, 0.15) is 6.04 Å². The third kappa shape index (κ3) is 6.78. The zero-order valence-electron chi connectivity index (χ0n) is 11.7. The van der Waals surface area contributed by atoms with Crippen molar-refractivity contribution in [3.05, 3.63) is 0 Å². The molecule has 0 saturated carbocycles. The molecule has 0 aromatic heterocycles. The standard InChI is InChI=1S/C12H25NO3S/c1-7-16-11(14)10(12(4,5)6)13-17(15)8-9(2)3/h9-10,13H,7-8H2,1-6H3. The fourth-order valence-corrected chi connectivity index (χ4v) is 2.70. The highest BCUT2D eigenvalue weighted by Crippen LogP contribution is 2.21. The molecule has 0 aliphatic heterocycles. The van der Waals surface area contributed by atoms with Gasteiger partial charge in [-0.1, -0.05) is 34.6 Å². The molecule has 102 valence electrons. The molecule has 0 aromatic carbocycles. The minimum Gasteiger partial charge on any atom is -0.465 e. The van der Waals surface area contributed by atoms with Crippen molar-refractivity contribution in [1.82, 2.24) is 4.72 Å². The lowest BCUT2D eigenvalue weighted by Gasteiger charge is -2.29. The van der Waals surface area contributed by atoms with Crippen LogP contribution in [0.3, 0.4) is 0 Å². The van der Waals surface area contributed by atoms with Gasteiger partial charge in [0.15, 0.2) is 0 Å². The molecular formula is C12H25NO3S. The number of hydrogen-bond donors (Lipinski definition) is 1. The fourth-order valence-electron chi connectivity index (χ4n) is 1.29. The predicted octanol–water partition coefficient (Wildman–Crippen LogP) is 1.87. The molecule has 5 heteroatoms. The largest absolute Gasteiger partial charge is 0.465 e. The summed E-state index contributed by atoms with van der Waals surface area (Å²) >= 11 is 0. The van der Waals surface area contributed by atoms with Crippen LogP contribution in [0.4, 0.5) is 0 Å². The number of ether oxygens (including phenoxy) is 1. The Morgan fingerprint density at radius 1 is 1.35 bits per heavy atom. The monoisotopic (exact) mass is 263 g/mol. The van der Waals surface area contributed by atoms with Crippen molar-refractivity contribution in [3.63, 3.8) is 0 Å². The van der Waals surface area contributed by atoms with Gasteiger partial charge in [0.2, 0.25) is 0 Å². The lowest BCUT2D eigenvalue weighted by Crippen LogP contribution is -2.48. The summed E-state index contributed by atoms with van der Waals surface area (Å²) in [6.45, 7) is 11.9. The highest BCUT2D eigenvalue weighted by Gasteiger charge is 2.33. The van der Waals surface area contributed by atoms with Crippen LogP contribution >= 0.6 is 0 Å². The summed E-state index contributed by atoms with van der Waals surface area (Å²) in [4.78, 5) is 11.8. The summed E-state index contributed by atoms with van der Waals surface area (Å²) in [5.74, 6) is 0.523. The summed E-state index contributed by atoms with van der Waals surface area (Å²) in [5.41, 5.74) is -0.321. The smallest absolute Gasteiger partial charge is 0.324 e. The molecule has 4 nitrogen and oxygen atoms in total. The number of hydrogen-bond acceptors (Lipinski definition) is 3. The van der Waals surface area contributed by atoms with E-state index in [1.807, 2.05) is 34.6 Å². The van der Waals surface area contributed by atoms with E-state index >= 15 is 0 Å². The average molecular weight is 263 g/mol. The van der Waals surface area contributed by atoms with Crippen LogP contribution in [-0.2, 0) is 20.5 Å². The van der Waals surface area contributed by atoms with Crippen molar-refractivity contribution in [3.8, 4) is 0 Å². The quantitative estimate of drug-likeness (QED) is 0.744. The van der Waals surface area contributed by atoms with Gasteiger partial charge in [-0.15, -0.1) is 0 Å². The van der Waals surface area contributed by atoms with Gasteiger partial charge in [0, 0.05) is 5.75 Å². The van der Waals surface area contributed by atoms with Gasteiger partial charge in [0.05, 0.1) is 17.6 Å². The summed E-state index contributed by atoms with van der Waals surface area (Å²) in [6, 6.07) is -0.540. The molecule has 0 saturated heterocycles. The van der Waals surface area contributed by atoms with Crippen LogP contribution in [0.25, 0.3) is 0 Å². The molecule has 1 N–H and O–H groups in total. The van der Waals surface area contributed by atoms with Gasteiger partial charge in [-0.05, 0) is 18.3 Å². The van der Waals surface area contributed by atoms with Crippen LogP contribution in [0.5, 0.6) is 0 Å². The van der Waals surface area contributed by atoms with Crippen LogP contribution < -0.4 is 4.72 Å². The molecule has 0 aromatic rings. The van der Waals surface area contributed by atoms with Gasteiger partial charge >= 0.3 is 5.97 Å². The molecular weight excluding hydrogens is 238 g/mol. The molecule has 0 amide bonds. The SMILES string of the molecule is CCOC(=O)C(NS(=O)CC(C)C)C(C)(C)C. The zero-order chi connectivity index (χ0) is 13.6. The lowest BCUT2D eigenvalue weighted by atomic mass is 9.87. The zero-order valence-corrected chi connectivity index (χ0v) is 12.5. The number of esters is 1. The van der Waals surface area contributed by atoms with E-state index in [1.165, 1.54) is 0 Å². The van der Waals surface area contributed by atoms with Gasteiger partial charge in [-0.2, -0.15) is 0 Å². The van der Waals surface area contributed by atoms with Crippen molar-refractivity contribution < 1.29 is 13.7 Å². The number of nitrogens with one attached hydrogen (secondary N) is 1. The van der Waals surface area contributed by atoms with Crippen molar-refractivity contribution in [2.24, 2.45) is 11.3 Å². The summed E-state index contributed by atoms with van der Waals surface area (Å²) in [6.07, 6.45) is 0. The summed E-state index contributed by atoms with van der Waals surface area (Å²) < 4.78 is 19.7. The van der Waals surface area contributed by atoms with Gasteiger partial charge in [0.25, 0.3) is 0 Å². The number of carbonyl (C=O) groups excluding carboxylic acids is 1. The van der Waals surface area contributed by atoms with E-state index in [2.05, 4.69) is 4.72 Å².